The molecule has 0 spiro atoms. The Bertz CT molecular complexity index is 634. The highest BCUT2D eigenvalue weighted by Gasteiger charge is 2.31. The molecular weight excluding hydrogens is 252 g/mol. The third-order valence-corrected chi connectivity index (χ3v) is 4.29. The number of aryl methyl sites for hydroxylation is 1. The van der Waals surface area contributed by atoms with Crippen molar-refractivity contribution in [2.45, 2.75) is 19.3 Å². The third-order valence-electron chi connectivity index (χ3n) is 4.29. The first-order valence-electron chi connectivity index (χ1n) is 7.11. The number of rotatable bonds is 3. The molecule has 20 heavy (non-hydrogen) atoms. The van der Waals surface area contributed by atoms with Gasteiger partial charge in [-0.3, -0.25) is 4.79 Å². The topological polar surface area (TPSA) is 72.9 Å². The molecule has 0 radical (unpaired) electrons. The van der Waals surface area contributed by atoms with Crippen LogP contribution in [0.1, 0.15) is 19.3 Å². The van der Waals surface area contributed by atoms with E-state index in [1.165, 1.54) is 0 Å². The molecule has 1 aliphatic carbocycles. The highest BCUT2D eigenvalue weighted by atomic mass is 16.1. The van der Waals surface area contributed by atoms with Crippen LogP contribution in [-0.4, -0.2) is 22.0 Å². The first-order chi connectivity index (χ1) is 9.69. The summed E-state index contributed by atoms with van der Waals surface area (Å²) in [5.41, 5.74) is 8.50. The Kier molecular flexibility index (Phi) is 3.44. The van der Waals surface area contributed by atoms with Crippen LogP contribution < -0.4 is 11.1 Å². The fourth-order valence-corrected chi connectivity index (χ4v) is 3.11. The Morgan fingerprint density at radius 2 is 2.35 bits per heavy atom. The van der Waals surface area contributed by atoms with E-state index in [9.17, 15) is 4.79 Å². The van der Waals surface area contributed by atoms with Gasteiger partial charge in [0.25, 0.3) is 0 Å². The third kappa shape index (κ3) is 2.29. The lowest BCUT2D eigenvalue weighted by atomic mass is 9.95. The smallest absolute Gasteiger partial charge is 0.227 e. The van der Waals surface area contributed by atoms with Crippen LogP contribution in [0.2, 0.25) is 0 Å². The molecule has 106 valence electrons. The fourth-order valence-electron chi connectivity index (χ4n) is 3.11. The number of amides is 1. The van der Waals surface area contributed by atoms with Gasteiger partial charge in [0.05, 0.1) is 17.4 Å². The molecule has 2 aromatic rings. The lowest BCUT2D eigenvalue weighted by Crippen LogP contribution is -2.29. The van der Waals surface area contributed by atoms with Crippen LogP contribution in [0.15, 0.2) is 24.5 Å². The summed E-state index contributed by atoms with van der Waals surface area (Å²) in [6, 6.07) is 5.82. The molecule has 3 rings (SSSR count). The number of hydrogen-bond donors (Lipinski definition) is 2. The number of carbonyl (C=O) groups excluding carboxylic acids is 1. The highest BCUT2D eigenvalue weighted by Crippen LogP contribution is 2.32. The van der Waals surface area contributed by atoms with Crippen molar-refractivity contribution in [1.29, 1.82) is 0 Å². The summed E-state index contributed by atoms with van der Waals surface area (Å²) >= 11 is 0. The number of carbonyl (C=O) groups is 1. The number of hydrogen-bond acceptors (Lipinski definition) is 3. The molecule has 0 bridgehead atoms. The van der Waals surface area contributed by atoms with E-state index in [2.05, 4.69) is 10.3 Å². The number of benzene rings is 1. The Morgan fingerprint density at radius 3 is 3.15 bits per heavy atom. The molecule has 0 unspecified atom stereocenters. The first kappa shape index (κ1) is 13.1. The molecule has 5 heteroatoms. The van der Waals surface area contributed by atoms with E-state index in [1.54, 1.807) is 6.33 Å². The minimum Gasteiger partial charge on any atom is -0.334 e. The summed E-state index contributed by atoms with van der Waals surface area (Å²) < 4.78 is 1.96. The summed E-state index contributed by atoms with van der Waals surface area (Å²) in [5.74, 6) is 0.473. The number of nitrogens with zero attached hydrogens (tertiary/aromatic N) is 2. The average Bonchev–Trinajstić information content (AvgIpc) is 3.05. The Labute approximate surface area is 118 Å². The maximum atomic E-state index is 12.3. The molecule has 5 nitrogen and oxygen atoms in total. The first-order valence-corrected chi connectivity index (χ1v) is 7.11. The van der Waals surface area contributed by atoms with Gasteiger partial charge in [-0.05, 0) is 43.5 Å². The standard InChI is InChI=1S/C15H20N4O/c1-19-9-17-13-7-11(5-6-14(13)19)18-15(20)12-4-2-3-10(12)8-16/h5-7,9-10,12H,2-4,8,16H2,1H3,(H,18,20)/t10-,12-/m1/s1. The second-order valence-corrected chi connectivity index (χ2v) is 5.58. The molecule has 0 saturated heterocycles. The number of aromatic nitrogens is 2. The summed E-state index contributed by atoms with van der Waals surface area (Å²) in [5, 5.41) is 3.01. The number of anilines is 1. The van der Waals surface area contributed by atoms with Gasteiger partial charge in [-0.1, -0.05) is 6.42 Å². The van der Waals surface area contributed by atoms with Crippen LogP contribution in [0.5, 0.6) is 0 Å². The molecular formula is C15H20N4O. The van der Waals surface area contributed by atoms with Crippen molar-refractivity contribution in [3.8, 4) is 0 Å². The predicted octanol–water partition coefficient (Wildman–Crippen LogP) is 1.89. The number of fused-ring (bicyclic) bond motifs is 1. The van der Waals surface area contributed by atoms with Gasteiger partial charge in [0.2, 0.25) is 5.91 Å². The second-order valence-electron chi connectivity index (χ2n) is 5.58. The zero-order valence-corrected chi connectivity index (χ0v) is 11.7. The van der Waals surface area contributed by atoms with Gasteiger partial charge < -0.3 is 15.6 Å². The average molecular weight is 272 g/mol. The van der Waals surface area contributed by atoms with E-state index in [0.29, 0.717) is 12.5 Å². The summed E-state index contributed by atoms with van der Waals surface area (Å²) in [6.45, 7) is 0.595. The summed E-state index contributed by atoms with van der Waals surface area (Å²) in [7, 11) is 1.96. The summed E-state index contributed by atoms with van der Waals surface area (Å²) in [4.78, 5) is 16.6. The largest absolute Gasteiger partial charge is 0.334 e. The van der Waals surface area contributed by atoms with Gasteiger partial charge in [0.1, 0.15) is 0 Å². The summed E-state index contributed by atoms with van der Waals surface area (Å²) in [6.07, 6.45) is 4.88. The molecule has 1 saturated carbocycles. The fraction of sp³-hybridized carbons (Fsp3) is 0.467. The van der Waals surface area contributed by atoms with Gasteiger partial charge >= 0.3 is 0 Å². The lowest BCUT2D eigenvalue weighted by molar-refractivity contribution is -0.120. The number of nitrogens with one attached hydrogen (secondary N) is 1. The van der Waals surface area contributed by atoms with Crippen LogP contribution in [0, 0.1) is 11.8 Å². The van der Waals surface area contributed by atoms with E-state index in [-0.39, 0.29) is 11.8 Å². The van der Waals surface area contributed by atoms with E-state index < -0.39 is 0 Å². The molecule has 2 atom stereocenters. The monoisotopic (exact) mass is 272 g/mol. The van der Waals surface area contributed by atoms with E-state index >= 15 is 0 Å². The van der Waals surface area contributed by atoms with Gasteiger partial charge in [-0.2, -0.15) is 0 Å². The minimum absolute atomic E-state index is 0.0550. The second kappa shape index (κ2) is 5.25. The minimum atomic E-state index is 0.0550. The van der Waals surface area contributed by atoms with Crippen LogP contribution in [0.3, 0.4) is 0 Å². The Morgan fingerprint density at radius 1 is 1.50 bits per heavy atom. The Hall–Kier alpha value is -1.88. The number of nitrogens with two attached hydrogens (primary N) is 1. The van der Waals surface area contributed by atoms with Gasteiger partial charge in [-0.15, -0.1) is 0 Å². The van der Waals surface area contributed by atoms with Crippen molar-refractivity contribution in [3.05, 3.63) is 24.5 Å². The maximum Gasteiger partial charge on any atom is 0.227 e. The van der Waals surface area contributed by atoms with Crippen molar-refractivity contribution < 1.29 is 4.79 Å². The normalized spacial score (nSPS) is 22.3. The zero-order valence-electron chi connectivity index (χ0n) is 11.7. The van der Waals surface area contributed by atoms with E-state index in [4.69, 9.17) is 5.73 Å². The van der Waals surface area contributed by atoms with Crippen molar-refractivity contribution in [1.82, 2.24) is 9.55 Å². The molecule has 1 fully saturated rings. The van der Waals surface area contributed by atoms with Crippen LogP contribution in [-0.2, 0) is 11.8 Å². The SMILES string of the molecule is Cn1cnc2cc(NC(=O)[C@@H]3CCC[C@@H]3CN)ccc21. The van der Waals surface area contributed by atoms with Crippen molar-refractivity contribution in [3.63, 3.8) is 0 Å². The van der Waals surface area contributed by atoms with Crippen LogP contribution in [0.4, 0.5) is 5.69 Å². The van der Waals surface area contributed by atoms with Crippen LogP contribution in [0.25, 0.3) is 11.0 Å². The predicted molar refractivity (Wildman–Crippen MR) is 79.2 cm³/mol. The molecule has 1 amide bonds. The molecule has 3 N–H and O–H groups in total. The van der Waals surface area contributed by atoms with Gasteiger partial charge in [-0.25, -0.2) is 4.98 Å². The highest BCUT2D eigenvalue weighted by molar-refractivity contribution is 5.94. The quantitative estimate of drug-likeness (QED) is 0.896. The number of imidazole rings is 1. The molecule has 0 aliphatic heterocycles. The molecule has 1 heterocycles. The van der Waals surface area contributed by atoms with Crippen LogP contribution >= 0.6 is 0 Å². The zero-order chi connectivity index (χ0) is 14.1. The molecule has 1 aromatic carbocycles. The molecule has 1 aliphatic rings. The van der Waals surface area contributed by atoms with Crippen molar-refractivity contribution in [2.75, 3.05) is 11.9 Å². The van der Waals surface area contributed by atoms with Crippen molar-refractivity contribution >= 4 is 22.6 Å². The van der Waals surface area contributed by atoms with E-state index in [0.717, 1.165) is 36.0 Å². The van der Waals surface area contributed by atoms with Gasteiger partial charge in [0, 0.05) is 18.7 Å². The maximum absolute atomic E-state index is 12.3. The van der Waals surface area contributed by atoms with E-state index in [1.807, 2.05) is 29.8 Å². The lowest BCUT2D eigenvalue weighted by Gasteiger charge is -2.17. The van der Waals surface area contributed by atoms with Gasteiger partial charge in [0.15, 0.2) is 0 Å². The Balaban J connectivity index is 1.77. The molecule has 1 aromatic heterocycles. The van der Waals surface area contributed by atoms with Crippen molar-refractivity contribution in [2.24, 2.45) is 24.6 Å².